The van der Waals surface area contributed by atoms with Crippen molar-refractivity contribution in [1.82, 2.24) is 0 Å². The van der Waals surface area contributed by atoms with Crippen LogP contribution in [0.4, 0.5) is 0 Å². The van der Waals surface area contributed by atoms with Crippen LogP contribution < -0.4 is 0 Å². The molecule has 1 aromatic carbocycles. The number of hydrogen-bond donors (Lipinski definition) is 0. The van der Waals surface area contributed by atoms with Crippen LogP contribution in [0.5, 0.6) is 0 Å². The van der Waals surface area contributed by atoms with Crippen LogP contribution in [0.1, 0.15) is 49.7 Å². The fourth-order valence-electron chi connectivity index (χ4n) is 2.11. The van der Waals surface area contributed by atoms with Gasteiger partial charge in [0.1, 0.15) is 0 Å². The van der Waals surface area contributed by atoms with E-state index in [2.05, 4.69) is 47.1 Å². The summed E-state index contributed by atoms with van der Waals surface area (Å²) in [4.78, 5) is 0.629. The highest BCUT2D eigenvalue weighted by atomic mass is 79.9. The van der Waals surface area contributed by atoms with E-state index in [4.69, 9.17) is 0 Å². The van der Waals surface area contributed by atoms with Crippen LogP contribution in [0.2, 0.25) is 0 Å². The minimum Gasteiger partial charge on any atom is -0.0894 e. The van der Waals surface area contributed by atoms with Gasteiger partial charge in [0, 0.05) is 4.83 Å². The average molecular weight is 267 g/mol. The summed E-state index contributed by atoms with van der Waals surface area (Å²) in [6, 6.07) is 9.20. The lowest BCUT2D eigenvalue weighted by atomic mass is 9.79. The average Bonchev–Trinajstić information content (AvgIpc) is 2.13. The molecule has 0 aliphatic heterocycles. The topological polar surface area (TPSA) is 0 Å². The maximum absolute atomic E-state index is 3.60. The minimum absolute atomic E-state index is 0.629. The van der Waals surface area contributed by atoms with Gasteiger partial charge in [0.05, 0.1) is 0 Å². The molecule has 0 heterocycles. The largest absolute Gasteiger partial charge is 0.0894 e. The molecule has 1 heteroatoms. The van der Waals surface area contributed by atoms with E-state index in [1.807, 2.05) is 0 Å². The molecule has 0 bridgehead atoms. The Morgan fingerprint density at radius 2 is 2.20 bits per heavy atom. The highest BCUT2D eigenvalue weighted by Gasteiger charge is 2.19. The third-order valence-electron chi connectivity index (χ3n) is 3.36. The van der Waals surface area contributed by atoms with E-state index >= 15 is 0 Å². The van der Waals surface area contributed by atoms with E-state index in [1.165, 1.54) is 37.7 Å². The molecule has 0 nitrogen and oxygen atoms in total. The van der Waals surface area contributed by atoms with Gasteiger partial charge in [0.2, 0.25) is 0 Å². The molecule has 1 aromatic rings. The highest BCUT2D eigenvalue weighted by molar-refractivity contribution is 9.09. The number of benzene rings is 1. The summed E-state index contributed by atoms with van der Waals surface area (Å²) in [7, 11) is 0. The standard InChI is InChI=1S/C14H19Br/c1-11(15)8-9-12-4-2-7-14(10-12)13-5-3-6-13/h2,4,7,10-11,13H,3,5-6,8-9H2,1H3. The van der Waals surface area contributed by atoms with Crippen LogP contribution in [0.15, 0.2) is 24.3 Å². The van der Waals surface area contributed by atoms with Crippen molar-refractivity contribution in [3.63, 3.8) is 0 Å². The summed E-state index contributed by atoms with van der Waals surface area (Å²) in [5, 5.41) is 0. The van der Waals surface area contributed by atoms with Gasteiger partial charge in [-0.25, -0.2) is 0 Å². The molecule has 2 rings (SSSR count). The van der Waals surface area contributed by atoms with Gasteiger partial charge in [0.25, 0.3) is 0 Å². The summed E-state index contributed by atoms with van der Waals surface area (Å²) in [6.45, 7) is 2.22. The molecular formula is C14H19Br. The normalized spacial score (nSPS) is 18.5. The van der Waals surface area contributed by atoms with Crippen molar-refractivity contribution in [2.45, 2.75) is 49.8 Å². The molecule has 15 heavy (non-hydrogen) atoms. The Morgan fingerprint density at radius 1 is 1.40 bits per heavy atom. The lowest BCUT2D eigenvalue weighted by molar-refractivity contribution is 0.419. The molecule has 0 aromatic heterocycles. The van der Waals surface area contributed by atoms with Gasteiger partial charge < -0.3 is 0 Å². The fourth-order valence-corrected chi connectivity index (χ4v) is 2.34. The summed E-state index contributed by atoms with van der Waals surface area (Å²) in [5.41, 5.74) is 3.08. The van der Waals surface area contributed by atoms with Crippen molar-refractivity contribution >= 4 is 15.9 Å². The Bertz CT molecular complexity index is 313. The van der Waals surface area contributed by atoms with Crippen LogP contribution >= 0.6 is 15.9 Å². The molecule has 0 N–H and O–H groups in total. The number of halogens is 1. The second-order valence-corrected chi connectivity index (χ2v) is 6.26. The minimum atomic E-state index is 0.629. The summed E-state index contributed by atoms with van der Waals surface area (Å²) < 4.78 is 0. The van der Waals surface area contributed by atoms with Crippen molar-refractivity contribution in [3.05, 3.63) is 35.4 Å². The molecule has 0 radical (unpaired) electrons. The Hall–Kier alpha value is -0.300. The summed E-state index contributed by atoms with van der Waals surface area (Å²) in [5.74, 6) is 0.867. The number of alkyl halides is 1. The van der Waals surface area contributed by atoms with Gasteiger partial charge in [-0.1, -0.05) is 53.5 Å². The Balaban J connectivity index is 1.98. The second kappa shape index (κ2) is 5.16. The first-order valence-corrected chi connectivity index (χ1v) is 6.90. The maximum atomic E-state index is 3.60. The molecule has 1 unspecified atom stereocenters. The molecule has 1 aliphatic carbocycles. The third kappa shape index (κ3) is 3.07. The highest BCUT2D eigenvalue weighted by Crippen LogP contribution is 2.36. The predicted molar refractivity (Wildman–Crippen MR) is 69.7 cm³/mol. The predicted octanol–water partition coefficient (Wildman–Crippen LogP) is 4.67. The first kappa shape index (κ1) is 11.2. The first-order chi connectivity index (χ1) is 7.25. The van der Waals surface area contributed by atoms with E-state index in [0.29, 0.717) is 4.83 Å². The van der Waals surface area contributed by atoms with Crippen molar-refractivity contribution in [2.24, 2.45) is 0 Å². The number of hydrogen-bond acceptors (Lipinski definition) is 0. The molecule has 0 saturated heterocycles. The zero-order valence-electron chi connectivity index (χ0n) is 9.38. The van der Waals surface area contributed by atoms with E-state index in [1.54, 1.807) is 5.56 Å². The first-order valence-electron chi connectivity index (χ1n) is 5.98. The quantitative estimate of drug-likeness (QED) is 0.695. The molecule has 1 fully saturated rings. The van der Waals surface area contributed by atoms with Crippen LogP contribution in [0, 0.1) is 0 Å². The number of aryl methyl sites for hydroxylation is 1. The zero-order chi connectivity index (χ0) is 10.7. The fraction of sp³-hybridized carbons (Fsp3) is 0.571. The maximum Gasteiger partial charge on any atom is 0.0120 e. The third-order valence-corrected chi connectivity index (χ3v) is 3.82. The molecule has 1 saturated carbocycles. The number of rotatable bonds is 4. The zero-order valence-corrected chi connectivity index (χ0v) is 11.0. The second-order valence-electron chi connectivity index (χ2n) is 4.69. The Morgan fingerprint density at radius 3 is 2.80 bits per heavy atom. The summed E-state index contributed by atoms with van der Waals surface area (Å²) >= 11 is 3.60. The van der Waals surface area contributed by atoms with E-state index < -0.39 is 0 Å². The van der Waals surface area contributed by atoms with Crippen LogP contribution in [0.3, 0.4) is 0 Å². The lowest BCUT2D eigenvalue weighted by Crippen LogP contribution is -2.08. The van der Waals surface area contributed by atoms with Crippen LogP contribution in [0.25, 0.3) is 0 Å². The van der Waals surface area contributed by atoms with Gasteiger partial charge in [-0.15, -0.1) is 0 Å². The van der Waals surface area contributed by atoms with Gasteiger partial charge in [-0.05, 0) is 42.7 Å². The van der Waals surface area contributed by atoms with Crippen molar-refractivity contribution < 1.29 is 0 Å². The summed E-state index contributed by atoms with van der Waals surface area (Å²) in [6.07, 6.45) is 6.66. The molecule has 1 atom stereocenters. The van der Waals surface area contributed by atoms with E-state index in [-0.39, 0.29) is 0 Å². The molecular weight excluding hydrogens is 248 g/mol. The van der Waals surface area contributed by atoms with E-state index in [0.717, 1.165) is 5.92 Å². The van der Waals surface area contributed by atoms with Crippen LogP contribution in [-0.4, -0.2) is 4.83 Å². The van der Waals surface area contributed by atoms with Gasteiger partial charge in [0.15, 0.2) is 0 Å². The van der Waals surface area contributed by atoms with E-state index in [9.17, 15) is 0 Å². The van der Waals surface area contributed by atoms with Crippen molar-refractivity contribution in [3.8, 4) is 0 Å². The monoisotopic (exact) mass is 266 g/mol. The SMILES string of the molecule is CC(Br)CCc1cccc(C2CCC2)c1. The van der Waals surface area contributed by atoms with Gasteiger partial charge in [-0.3, -0.25) is 0 Å². The lowest BCUT2D eigenvalue weighted by Gasteiger charge is -2.26. The Kier molecular flexibility index (Phi) is 3.85. The Labute approximate surface area is 101 Å². The smallest absolute Gasteiger partial charge is 0.0120 e. The molecule has 1 aliphatic rings. The molecule has 0 spiro atoms. The van der Waals surface area contributed by atoms with Gasteiger partial charge >= 0.3 is 0 Å². The van der Waals surface area contributed by atoms with Gasteiger partial charge in [-0.2, -0.15) is 0 Å². The molecule has 82 valence electrons. The van der Waals surface area contributed by atoms with Crippen molar-refractivity contribution in [2.75, 3.05) is 0 Å². The van der Waals surface area contributed by atoms with Crippen molar-refractivity contribution in [1.29, 1.82) is 0 Å². The van der Waals surface area contributed by atoms with Crippen LogP contribution in [-0.2, 0) is 6.42 Å². The molecule has 0 amide bonds.